The van der Waals surface area contributed by atoms with Gasteiger partial charge in [0.05, 0.1) is 0 Å². The first kappa shape index (κ1) is 13.8. The minimum atomic E-state index is -0.477. The molecule has 1 aliphatic heterocycles. The van der Waals surface area contributed by atoms with Gasteiger partial charge in [0.2, 0.25) is 5.91 Å². The van der Waals surface area contributed by atoms with Gasteiger partial charge in [0, 0.05) is 6.54 Å². The summed E-state index contributed by atoms with van der Waals surface area (Å²) in [5, 5.41) is 3.40. The first-order valence-electron chi connectivity index (χ1n) is 7.35. The Balaban J connectivity index is 2.02. The molecule has 4 nitrogen and oxygen atoms in total. The molecule has 2 rings (SSSR count). The van der Waals surface area contributed by atoms with E-state index in [0.29, 0.717) is 5.92 Å². The van der Waals surface area contributed by atoms with Crippen LogP contribution in [0, 0.1) is 11.8 Å². The molecule has 1 aliphatic carbocycles. The van der Waals surface area contributed by atoms with Gasteiger partial charge < -0.3 is 16.0 Å². The van der Waals surface area contributed by atoms with Crippen LogP contribution in [0.5, 0.6) is 0 Å². The lowest BCUT2D eigenvalue weighted by Crippen LogP contribution is -2.63. The van der Waals surface area contributed by atoms with Crippen molar-refractivity contribution in [3.8, 4) is 0 Å². The highest BCUT2D eigenvalue weighted by molar-refractivity contribution is 5.86. The Morgan fingerprint density at radius 1 is 1.33 bits per heavy atom. The minimum absolute atomic E-state index is 0.162. The molecule has 1 saturated heterocycles. The van der Waals surface area contributed by atoms with Gasteiger partial charge in [-0.25, -0.2) is 0 Å². The number of rotatable bonds is 6. The molecule has 18 heavy (non-hydrogen) atoms. The van der Waals surface area contributed by atoms with Gasteiger partial charge in [-0.2, -0.15) is 0 Å². The van der Waals surface area contributed by atoms with E-state index >= 15 is 0 Å². The number of hydrogen-bond acceptors (Lipinski definition) is 3. The van der Waals surface area contributed by atoms with Crippen LogP contribution < -0.4 is 11.1 Å². The summed E-state index contributed by atoms with van der Waals surface area (Å²) in [5.41, 5.74) is 5.24. The fraction of sp³-hybridized carbons (Fsp3) is 0.929. The Labute approximate surface area is 110 Å². The van der Waals surface area contributed by atoms with Gasteiger partial charge in [-0.3, -0.25) is 4.79 Å². The number of nitrogens with zero attached hydrogens (tertiary/aromatic N) is 1. The van der Waals surface area contributed by atoms with Gasteiger partial charge in [-0.15, -0.1) is 0 Å². The molecule has 3 N–H and O–H groups in total. The summed E-state index contributed by atoms with van der Waals surface area (Å²) < 4.78 is 0. The van der Waals surface area contributed by atoms with Crippen molar-refractivity contribution in [3.05, 3.63) is 0 Å². The number of likely N-dealkylation sites (N-methyl/N-ethyl adjacent to an activating group) is 1. The quantitative estimate of drug-likeness (QED) is 0.741. The summed E-state index contributed by atoms with van der Waals surface area (Å²) in [5.74, 6) is 1.11. The average Bonchev–Trinajstić information content (AvgIpc) is 3.15. The maximum atomic E-state index is 12.0. The average molecular weight is 253 g/mol. The van der Waals surface area contributed by atoms with Crippen molar-refractivity contribution in [3.63, 3.8) is 0 Å². The predicted molar refractivity (Wildman–Crippen MR) is 73.2 cm³/mol. The second kappa shape index (κ2) is 5.57. The number of hydrogen-bond donors (Lipinski definition) is 2. The number of amides is 1. The lowest BCUT2D eigenvalue weighted by molar-refractivity contribution is -0.126. The number of piperidine rings is 1. The van der Waals surface area contributed by atoms with Gasteiger partial charge in [0.15, 0.2) is 0 Å². The number of nitrogens with one attached hydrogen (secondary N) is 1. The Morgan fingerprint density at radius 3 is 2.39 bits per heavy atom. The summed E-state index contributed by atoms with van der Waals surface area (Å²) in [7, 11) is 0. The molecular formula is C14H27N3O. The monoisotopic (exact) mass is 253 g/mol. The number of primary amides is 1. The lowest BCUT2D eigenvalue weighted by atomic mass is 9.89. The smallest absolute Gasteiger partial charge is 0.239 e. The molecule has 104 valence electrons. The fourth-order valence-corrected chi connectivity index (χ4v) is 3.16. The van der Waals surface area contributed by atoms with Crippen molar-refractivity contribution in [2.24, 2.45) is 17.6 Å². The zero-order chi connectivity index (χ0) is 13.2. The van der Waals surface area contributed by atoms with E-state index in [2.05, 4.69) is 24.1 Å². The number of carbonyl (C=O) groups is 1. The highest BCUT2D eigenvalue weighted by Gasteiger charge is 2.50. The molecule has 0 aromatic carbocycles. The van der Waals surface area contributed by atoms with E-state index in [1.165, 1.54) is 12.8 Å². The van der Waals surface area contributed by atoms with Crippen molar-refractivity contribution in [1.82, 2.24) is 10.2 Å². The van der Waals surface area contributed by atoms with Crippen molar-refractivity contribution < 1.29 is 4.79 Å². The third-order valence-electron chi connectivity index (χ3n) is 4.56. The molecule has 0 radical (unpaired) electrons. The van der Waals surface area contributed by atoms with E-state index in [0.717, 1.165) is 44.9 Å². The molecule has 1 atom stereocenters. The Morgan fingerprint density at radius 2 is 1.94 bits per heavy atom. The Kier molecular flexibility index (Phi) is 4.28. The van der Waals surface area contributed by atoms with E-state index in [4.69, 9.17) is 5.73 Å². The summed E-state index contributed by atoms with van der Waals surface area (Å²) in [6, 6.07) is 0. The molecule has 1 amide bonds. The van der Waals surface area contributed by atoms with Gasteiger partial charge in [-0.1, -0.05) is 13.8 Å². The molecule has 2 fully saturated rings. The van der Waals surface area contributed by atoms with Crippen LogP contribution in [-0.2, 0) is 4.79 Å². The van der Waals surface area contributed by atoms with Crippen LogP contribution in [0.15, 0.2) is 0 Å². The number of likely N-dealkylation sites (tertiary alicyclic amines) is 1. The summed E-state index contributed by atoms with van der Waals surface area (Å²) in [4.78, 5) is 14.4. The van der Waals surface area contributed by atoms with Crippen LogP contribution >= 0.6 is 0 Å². The molecule has 0 spiro atoms. The van der Waals surface area contributed by atoms with Gasteiger partial charge in [0.25, 0.3) is 0 Å². The first-order valence-corrected chi connectivity index (χ1v) is 7.35. The molecule has 4 heteroatoms. The van der Waals surface area contributed by atoms with Gasteiger partial charge in [-0.05, 0) is 57.2 Å². The molecule has 1 unspecified atom stereocenters. The molecule has 0 aromatic heterocycles. The zero-order valence-electron chi connectivity index (χ0n) is 11.7. The lowest BCUT2D eigenvalue weighted by Gasteiger charge is -2.39. The van der Waals surface area contributed by atoms with Gasteiger partial charge >= 0.3 is 0 Å². The van der Waals surface area contributed by atoms with Crippen molar-refractivity contribution in [2.75, 3.05) is 26.2 Å². The second-order valence-corrected chi connectivity index (χ2v) is 6.10. The Hall–Kier alpha value is -0.610. The van der Waals surface area contributed by atoms with Gasteiger partial charge in [0.1, 0.15) is 5.54 Å². The number of nitrogens with two attached hydrogens (primary N) is 1. The SMILES string of the molecule is CCNC(CN1CCC(C)CC1)(C(N)=O)C1CC1. The topological polar surface area (TPSA) is 58.4 Å². The van der Waals surface area contributed by atoms with Crippen LogP contribution in [0.2, 0.25) is 0 Å². The van der Waals surface area contributed by atoms with Crippen LogP contribution in [0.1, 0.15) is 39.5 Å². The summed E-state index contributed by atoms with van der Waals surface area (Å²) >= 11 is 0. The minimum Gasteiger partial charge on any atom is -0.368 e. The maximum absolute atomic E-state index is 12.0. The third kappa shape index (κ3) is 2.86. The van der Waals surface area contributed by atoms with Crippen LogP contribution in [0.25, 0.3) is 0 Å². The molecule has 0 bridgehead atoms. The first-order chi connectivity index (χ1) is 8.58. The fourth-order valence-electron chi connectivity index (χ4n) is 3.16. The largest absolute Gasteiger partial charge is 0.368 e. The van der Waals surface area contributed by atoms with Crippen LogP contribution in [0.3, 0.4) is 0 Å². The molecular weight excluding hydrogens is 226 g/mol. The highest BCUT2D eigenvalue weighted by atomic mass is 16.1. The zero-order valence-corrected chi connectivity index (χ0v) is 11.7. The van der Waals surface area contributed by atoms with Crippen molar-refractivity contribution in [1.29, 1.82) is 0 Å². The Bertz CT molecular complexity index is 295. The van der Waals surface area contributed by atoms with Crippen molar-refractivity contribution >= 4 is 5.91 Å². The van der Waals surface area contributed by atoms with Crippen LogP contribution in [0.4, 0.5) is 0 Å². The van der Waals surface area contributed by atoms with E-state index in [1.54, 1.807) is 0 Å². The van der Waals surface area contributed by atoms with E-state index in [9.17, 15) is 4.79 Å². The predicted octanol–water partition coefficient (Wildman–Crippen LogP) is 0.962. The molecule has 0 aromatic rings. The highest BCUT2D eigenvalue weighted by Crippen LogP contribution is 2.40. The standard InChI is InChI=1S/C14H27N3O/c1-3-16-14(13(15)18,12-4-5-12)10-17-8-6-11(2)7-9-17/h11-12,16H,3-10H2,1-2H3,(H2,15,18). The van der Waals surface area contributed by atoms with E-state index < -0.39 is 5.54 Å². The second-order valence-electron chi connectivity index (χ2n) is 6.10. The molecule has 1 saturated carbocycles. The maximum Gasteiger partial charge on any atom is 0.239 e. The van der Waals surface area contributed by atoms with Crippen LogP contribution in [-0.4, -0.2) is 42.5 Å². The third-order valence-corrected chi connectivity index (χ3v) is 4.56. The van der Waals surface area contributed by atoms with E-state index in [-0.39, 0.29) is 5.91 Å². The van der Waals surface area contributed by atoms with Crippen molar-refractivity contribution in [2.45, 2.75) is 45.1 Å². The number of carbonyl (C=O) groups excluding carboxylic acids is 1. The summed E-state index contributed by atoms with van der Waals surface area (Å²) in [6.07, 6.45) is 4.76. The molecule has 1 heterocycles. The normalized spacial score (nSPS) is 25.9. The summed E-state index contributed by atoms with van der Waals surface area (Å²) in [6.45, 7) is 8.18. The van der Waals surface area contributed by atoms with E-state index in [1.807, 2.05) is 0 Å². The molecule has 2 aliphatic rings.